The predicted molar refractivity (Wildman–Crippen MR) is 79.9 cm³/mol. The number of ether oxygens (including phenoxy) is 1. The first-order chi connectivity index (χ1) is 10.0. The monoisotopic (exact) mass is 290 g/mol. The van der Waals surface area contributed by atoms with Crippen LogP contribution in [0, 0.1) is 0 Å². The molecule has 0 bridgehead atoms. The lowest BCUT2D eigenvalue weighted by atomic mass is 10.0. The van der Waals surface area contributed by atoms with Crippen molar-refractivity contribution in [3.8, 4) is 5.75 Å². The number of hydrogen-bond donors (Lipinski definition) is 0. The smallest absolute Gasteiger partial charge is 0.274 e. The number of rotatable bonds is 4. The maximum absolute atomic E-state index is 12.7. The van der Waals surface area contributed by atoms with Crippen molar-refractivity contribution in [2.75, 3.05) is 13.7 Å². The van der Waals surface area contributed by atoms with Gasteiger partial charge in [-0.15, -0.1) is 0 Å². The highest BCUT2D eigenvalue weighted by Gasteiger charge is 2.57. The molecule has 0 N–H and O–H groups in total. The first-order valence-corrected chi connectivity index (χ1v) is 7.69. The molecular weight excluding hydrogens is 268 g/mol. The summed E-state index contributed by atoms with van der Waals surface area (Å²) in [6.45, 7) is 4.65. The van der Waals surface area contributed by atoms with Gasteiger partial charge in [0.1, 0.15) is 0 Å². The molecule has 1 atom stereocenters. The van der Waals surface area contributed by atoms with Gasteiger partial charge in [0.05, 0.1) is 18.2 Å². The highest BCUT2D eigenvalue weighted by Crippen LogP contribution is 2.52. The number of nitrogens with zero attached hydrogens (tertiary/aromatic N) is 2. The van der Waals surface area contributed by atoms with E-state index in [9.17, 15) is 9.59 Å². The van der Waals surface area contributed by atoms with Crippen LogP contribution in [0.4, 0.5) is 0 Å². The van der Waals surface area contributed by atoms with Crippen LogP contribution in [-0.4, -0.2) is 34.6 Å². The van der Waals surface area contributed by atoms with Crippen LogP contribution in [0.25, 0.3) is 0 Å². The van der Waals surface area contributed by atoms with Gasteiger partial charge >= 0.3 is 0 Å². The molecule has 1 aromatic heterocycles. The van der Waals surface area contributed by atoms with E-state index in [4.69, 9.17) is 4.74 Å². The Balaban J connectivity index is 2.06. The molecule has 1 spiro atoms. The number of likely N-dealkylation sites (N-methyl/N-ethyl adjacent to an activating group) is 1. The molecule has 5 nitrogen and oxygen atoms in total. The average Bonchev–Trinajstić information content (AvgIpc) is 3.27. The van der Waals surface area contributed by atoms with Gasteiger partial charge in [-0.25, -0.2) is 0 Å². The van der Waals surface area contributed by atoms with Gasteiger partial charge in [0.2, 0.25) is 5.43 Å². The Bertz CT molecular complexity index is 631. The minimum atomic E-state index is -0.210. The Kier molecular flexibility index (Phi) is 3.30. The molecule has 5 heteroatoms. The lowest BCUT2D eigenvalue weighted by Crippen LogP contribution is -2.50. The molecule has 0 unspecified atom stereocenters. The summed E-state index contributed by atoms with van der Waals surface area (Å²) in [5.74, 6) is 0.111. The summed E-state index contributed by atoms with van der Waals surface area (Å²) < 4.78 is 7.58. The van der Waals surface area contributed by atoms with Crippen LogP contribution in [0.1, 0.15) is 56.1 Å². The van der Waals surface area contributed by atoms with Gasteiger partial charge in [0.25, 0.3) is 5.91 Å². The minimum absolute atomic E-state index is 0.0696. The zero-order chi connectivity index (χ0) is 15.2. The van der Waals surface area contributed by atoms with Crippen molar-refractivity contribution in [2.45, 2.75) is 51.1 Å². The highest BCUT2D eigenvalue weighted by molar-refractivity contribution is 5.97. The summed E-state index contributed by atoms with van der Waals surface area (Å²) >= 11 is 0. The topological polar surface area (TPSA) is 51.5 Å². The van der Waals surface area contributed by atoms with Gasteiger partial charge in [-0.1, -0.05) is 13.3 Å². The molecule has 0 aromatic carbocycles. The van der Waals surface area contributed by atoms with Crippen LogP contribution < -0.4 is 10.2 Å². The fourth-order valence-corrected chi connectivity index (χ4v) is 3.30. The van der Waals surface area contributed by atoms with Crippen LogP contribution in [0.15, 0.2) is 17.1 Å². The van der Waals surface area contributed by atoms with E-state index in [1.807, 2.05) is 11.6 Å². The summed E-state index contributed by atoms with van der Waals surface area (Å²) in [7, 11) is 1.84. The van der Waals surface area contributed by atoms with E-state index in [2.05, 4.69) is 13.8 Å². The number of amides is 1. The number of carbonyl (C=O) groups excluding carboxylic acids is 1. The van der Waals surface area contributed by atoms with Crippen molar-refractivity contribution in [1.29, 1.82) is 0 Å². The van der Waals surface area contributed by atoms with Crippen molar-refractivity contribution >= 4 is 5.91 Å². The van der Waals surface area contributed by atoms with Crippen molar-refractivity contribution in [2.24, 2.45) is 0 Å². The fourth-order valence-electron chi connectivity index (χ4n) is 3.30. The van der Waals surface area contributed by atoms with Crippen molar-refractivity contribution in [3.05, 3.63) is 28.2 Å². The van der Waals surface area contributed by atoms with Crippen LogP contribution in [0.2, 0.25) is 0 Å². The maximum atomic E-state index is 12.7. The van der Waals surface area contributed by atoms with Gasteiger partial charge < -0.3 is 14.2 Å². The van der Waals surface area contributed by atoms with E-state index >= 15 is 0 Å². The highest BCUT2D eigenvalue weighted by atomic mass is 16.5. The van der Waals surface area contributed by atoms with Crippen LogP contribution in [0.5, 0.6) is 5.75 Å². The number of fused-ring (bicyclic) bond motifs is 1. The van der Waals surface area contributed by atoms with Crippen molar-refractivity contribution in [1.82, 2.24) is 9.47 Å². The van der Waals surface area contributed by atoms with E-state index in [1.54, 1.807) is 11.1 Å². The van der Waals surface area contributed by atoms with Crippen LogP contribution in [0.3, 0.4) is 0 Å². The lowest BCUT2D eigenvalue weighted by molar-refractivity contribution is 0.0549. The van der Waals surface area contributed by atoms with Gasteiger partial charge in [0, 0.05) is 19.3 Å². The number of aromatic nitrogens is 1. The predicted octanol–water partition coefficient (Wildman–Crippen LogP) is 2.21. The first kappa shape index (κ1) is 14.2. The SMILES string of the molecule is CCCCOc1c2n(ccc1=O)[C@H](C)C1(CC1)N(C)C2=O. The molecule has 2 aliphatic rings. The molecule has 1 saturated carbocycles. The summed E-state index contributed by atoms with van der Waals surface area (Å²) in [6.07, 6.45) is 5.64. The standard InChI is InChI=1S/C16H22N2O3/c1-4-5-10-21-14-12(19)6-9-18-11(2)16(7-8-16)17(3)15(20)13(14)18/h6,9,11H,4-5,7-8,10H2,1-3H3/t11-/m1/s1. The van der Waals surface area contributed by atoms with E-state index in [-0.39, 0.29) is 28.7 Å². The molecule has 21 heavy (non-hydrogen) atoms. The largest absolute Gasteiger partial charge is 0.487 e. The number of pyridine rings is 1. The van der Waals surface area contributed by atoms with Gasteiger partial charge in [-0.2, -0.15) is 0 Å². The Morgan fingerprint density at radius 3 is 2.71 bits per heavy atom. The normalized spacial score (nSPS) is 22.3. The van der Waals surface area contributed by atoms with Crippen LogP contribution in [-0.2, 0) is 0 Å². The minimum Gasteiger partial charge on any atom is -0.487 e. The Labute approximate surface area is 124 Å². The summed E-state index contributed by atoms with van der Waals surface area (Å²) in [5, 5.41) is 0. The number of unbranched alkanes of at least 4 members (excludes halogenated alkanes) is 1. The number of carbonyl (C=O) groups is 1. The molecule has 0 saturated heterocycles. The Morgan fingerprint density at radius 1 is 1.38 bits per heavy atom. The van der Waals surface area contributed by atoms with Crippen LogP contribution >= 0.6 is 0 Å². The molecule has 1 aromatic rings. The van der Waals surface area contributed by atoms with E-state index in [1.165, 1.54) is 6.07 Å². The van der Waals surface area contributed by atoms with Crippen molar-refractivity contribution in [3.63, 3.8) is 0 Å². The number of hydrogen-bond acceptors (Lipinski definition) is 3. The zero-order valence-electron chi connectivity index (χ0n) is 12.9. The van der Waals surface area contributed by atoms with Gasteiger partial charge in [-0.3, -0.25) is 9.59 Å². The molecule has 0 radical (unpaired) electrons. The van der Waals surface area contributed by atoms with Crippen molar-refractivity contribution < 1.29 is 9.53 Å². The third-order valence-electron chi connectivity index (χ3n) is 4.96. The maximum Gasteiger partial charge on any atom is 0.274 e. The molecule has 1 amide bonds. The Morgan fingerprint density at radius 2 is 2.10 bits per heavy atom. The second-order valence-corrected chi connectivity index (χ2v) is 6.11. The van der Waals surface area contributed by atoms with Gasteiger partial charge in [0.15, 0.2) is 11.4 Å². The first-order valence-electron chi connectivity index (χ1n) is 7.69. The molecule has 114 valence electrons. The molecule has 1 aliphatic carbocycles. The molecular formula is C16H22N2O3. The van der Waals surface area contributed by atoms with Gasteiger partial charge in [-0.05, 0) is 26.2 Å². The summed E-state index contributed by atoms with van der Waals surface area (Å²) in [5.41, 5.74) is 0.129. The molecule has 3 rings (SSSR count). The average molecular weight is 290 g/mol. The summed E-state index contributed by atoms with van der Waals surface area (Å²) in [6, 6.07) is 1.68. The van der Waals surface area contributed by atoms with E-state index < -0.39 is 0 Å². The second-order valence-electron chi connectivity index (χ2n) is 6.11. The Hall–Kier alpha value is -1.78. The summed E-state index contributed by atoms with van der Waals surface area (Å²) in [4.78, 5) is 26.6. The zero-order valence-corrected chi connectivity index (χ0v) is 12.9. The fraction of sp³-hybridized carbons (Fsp3) is 0.625. The third kappa shape index (κ3) is 1.98. The van der Waals surface area contributed by atoms with E-state index in [0.29, 0.717) is 12.3 Å². The molecule has 1 aliphatic heterocycles. The quantitative estimate of drug-likeness (QED) is 0.799. The lowest BCUT2D eigenvalue weighted by Gasteiger charge is -2.41. The molecule has 1 fully saturated rings. The van der Waals surface area contributed by atoms with E-state index in [0.717, 1.165) is 25.7 Å². The third-order valence-corrected chi connectivity index (χ3v) is 4.96. The molecule has 2 heterocycles. The second kappa shape index (κ2) is 4.90.